The van der Waals surface area contributed by atoms with E-state index in [-0.39, 0.29) is 30.4 Å². The van der Waals surface area contributed by atoms with Crippen LogP contribution in [0.1, 0.15) is 18.2 Å². The molecule has 0 aliphatic rings. The molecule has 0 bridgehead atoms. The third kappa shape index (κ3) is 3.11. The summed E-state index contributed by atoms with van der Waals surface area (Å²) in [6, 6.07) is 0. The second-order valence-corrected chi connectivity index (χ2v) is 2.97. The van der Waals surface area contributed by atoms with Crippen LogP contribution in [-0.2, 0) is 13.5 Å². The van der Waals surface area contributed by atoms with Crippen LogP contribution >= 0.6 is 24.8 Å². The van der Waals surface area contributed by atoms with Gasteiger partial charge in [-0.25, -0.2) is 4.98 Å². The molecule has 0 atom stereocenters. The van der Waals surface area contributed by atoms with Crippen molar-refractivity contribution in [1.82, 2.24) is 9.55 Å². The van der Waals surface area contributed by atoms with Crippen LogP contribution in [0.25, 0.3) is 0 Å². The van der Waals surface area contributed by atoms with Gasteiger partial charge in [-0.1, -0.05) is 6.92 Å². The molecule has 88 valence electrons. The van der Waals surface area contributed by atoms with Gasteiger partial charge in [0.25, 0.3) is 5.56 Å². The highest BCUT2D eigenvalue weighted by Gasteiger charge is 2.08. The zero-order chi connectivity index (χ0) is 10.0. The molecule has 0 unspecified atom stereocenters. The van der Waals surface area contributed by atoms with Crippen LogP contribution in [0.5, 0.6) is 0 Å². The maximum atomic E-state index is 11.7. The molecule has 1 rings (SSSR count). The van der Waals surface area contributed by atoms with Crippen molar-refractivity contribution in [1.29, 1.82) is 0 Å². The molecular formula is C9H17Cl2N3O. The minimum atomic E-state index is 0. The third-order valence-corrected chi connectivity index (χ3v) is 2.17. The van der Waals surface area contributed by atoms with Gasteiger partial charge < -0.3 is 5.32 Å². The van der Waals surface area contributed by atoms with Gasteiger partial charge in [0.15, 0.2) is 0 Å². The summed E-state index contributed by atoms with van der Waals surface area (Å²) in [4.78, 5) is 16.0. The molecule has 1 aromatic heterocycles. The average molecular weight is 254 g/mol. The maximum absolute atomic E-state index is 11.7. The van der Waals surface area contributed by atoms with Crippen LogP contribution < -0.4 is 10.9 Å². The molecule has 0 radical (unpaired) electrons. The van der Waals surface area contributed by atoms with E-state index in [1.54, 1.807) is 14.1 Å². The minimum Gasteiger partial charge on any atom is -0.359 e. The number of aromatic nitrogens is 2. The molecule has 0 aliphatic heterocycles. The van der Waals surface area contributed by atoms with Crippen molar-refractivity contribution in [3.05, 3.63) is 21.6 Å². The fourth-order valence-corrected chi connectivity index (χ4v) is 1.39. The van der Waals surface area contributed by atoms with Crippen LogP contribution in [0, 0.1) is 6.92 Å². The Morgan fingerprint density at radius 1 is 1.40 bits per heavy atom. The standard InChI is InChI=1S/C9H15N3O.2ClH/c1-5-7-6(2)11-9(10-3)12(4)8(7)13;;/h5H2,1-4H3,(H,10,11);2*1H. The highest BCUT2D eigenvalue weighted by molar-refractivity contribution is 5.85. The Bertz CT molecular complexity index is 376. The molecular weight excluding hydrogens is 237 g/mol. The average Bonchev–Trinajstić information content (AvgIpc) is 2.12. The second-order valence-electron chi connectivity index (χ2n) is 2.97. The van der Waals surface area contributed by atoms with E-state index >= 15 is 0 Å². The van der Waals surface area contributed by atoms with Gasteiger partial charge in [0.05, 0.1) is 0 Å². The SMILES string of the molecule is CCc1c(C)nc(NC)n(C)c1=O.Cl.Cl. The first-order chi connectivity index (χ1) is 6.11. The lowest BCUT2D eigenvalue weighted by molar-refractivity contribution is 0.795. The lowest BCUT2D eigenvalue weighted by atomic mass is 10.2. The van der Waals surface area contributed by atoms with Gasteiger partial charge in [-0.05, 0) is 13.3 Å². The summed E-state index contributed by atoms with van der Waals surface area (Å²) in [6.07, 6.45) is 0.732. The van der Waals surface area contributed by atoms with Crippen LogP contribution in [0.3, 0.4) is 0 Å². The number of aryl methyl sites for hydroxylation is 1. The highest BCUT2D eigenvalue weighted by Crippen LogP contribution is 2.04. The monoisotopic (exact) mass is 253 g/mol. The van der Waals surface area contributed by atoms with Gasteiger partial charge in [-0.2, -0.15) is 0 Å². The Morgan fingerprint density at radius 2 is 1.93 bits per heavy atom. The van der Waals surface area contributed by atoms with E-state index in [9.17, 15) is 4.79 Å². The molecule has 0 fully saturated rings. The third-order valence-electron chi connectivity index (χ3n) is 2.17. The van der Waals surface area contributed by atoms with E-state index in [0.29, 0.717) is 5.95 Å². The summed E-state index contributed by atoms with van der Waals surface area (Å²) in [5, 5.41) is 2.88. The Morgan fingerprint density at radius 3 is 2.33 bits per heavy atom. The van der Waals surface area contributed by atoms with Gasteiger partial charge >= 0.3 is 0 Å². The molecule has 0 saturated carbocycles. The first kappa shape index (κ1) is 16.7. The van der Waals surface area contributed by atoms with Crippen LogP contribution in [0.4, 0.5) is 5.95 Å². The minimum absolute atomic E-state index is 0. The van der Waals surface area contributed by atoms with Crippen molar-refractivity contribution in [3.8, 4) is 0 Å². The van der Waals surface area contributed by atoms with E-state index in [0.717, 1.165) is 17.7 Å². The number of hydrogen-bond donors (Lipinski definition) is 1. The first-order valence-corrected chi connectivity index (χ1v) is 4.36. The van der Waals surface area contributed by atoms with Crippen molar-refractivity contribution < 1.29 is 0 Å². The molecule has 1 heterocycles. The lowest BCUT2D eigenvalue weighted by Crippen LogP contribution is -2.25. The van der Waals surface area contributed by atoms with E-state index < -0.39 is 0 Å². The number of nitrogens with one attached hydrogen (secondary N) is 1. The normalized spacial score (nSPS) is 8.80. The van der Waals surface area contributed by atoms with E-state index in [1.807, 2.05) is 13.8 Å². The predicted molar refractivity (Wildman–Crippen MR) is 67.6 cm³/mol. The fraction of sp³-hybridized carbons (Fsp3) is 0.556. The topological polar surface area (TPSA) is 46.9 Å². The predicted octanol–water partition coefficient (Wildman–Crippen LogP) is 1.54. The van der Waals surface area contributed by atoms with Gasteiger partial charge in [-0.3, -0.25) is 9.36 Å². The molecule has 1 aromatic rings. The molecule has 0 amide bonds. The van der Waals surface area contributed by atoms with Gasteiger partial charge in [0.1, 0.15) is 0 Å². The smallest absolute Gasteiger partial charge is 0.258 e. The van der Waals surface area contributed by atoms with Crippen molar-refractivity contribution in [3.63, 3.8) is 0 Å². The number of nitrogens with zero attached hydrogens (tertiary/aromatic N) is 2. The zero-order valence-corrected chi connectivity index (χ0v) is 11.0. The maximum Gasteiger partial charge on any atom is 0.258 e. The van der Waals surface area contributed by atoms with Crippen LogP contribution in [0.2, 0.25) is 0 Å². The van der Waals surface area contributed by atoms with Crippen molar-refractivity contribution in [2.24, 2.45) is 7.05 Å². The highest BCUT2D eigenvalue weighted by atomic mass is 35.5. The number of halogens is 2. The molecule has 0 spiro atoms. The molecule has 1 N–H and O–H groups in total. The summed E-state index contributed by atoms with van der Waals surface area (Å²) in [6.45, 7) is 3.82. The summed E-state index contributed by atoms with van der Waals surface area (Å²) < 4.78 is 1.53. The Hall–Kier alpha value is -0.740. The molecule has 0 aliphatic carbocycles. The Labute approximate surface area is 102 Å². The van der Waals surface area contributed by atoms with Crippen molar-refractivity contribution in [2.75, 3.05) is 12.4 Å². The lowest BCUT2D eigenvalue weighted by Gasteiger charge is -2.09. The van der Waals surface area contributed by atoms with Crippen molar-refractivity contribution in [2.45, 2.75) is 20.3 Å². The van der Waals surface area contributed by atoms with E-state index in [1.165, 1.54) is 4.57 Å². The van der Waals surface area contributed by atoms with Crippen LogP contribution in [-0.4, -0.2) is 16.6 Å². The second kappa shape index (κ2) is 6.69. The summed E-state index contributed by atoms with van der Waals surface area (Å²) in [5.74, 6) is 0.611. The quantitative estimate of drug-likeness (QED) is 0.870. The van der Waals surface area contributed by atoms with Crippen LogP contribution in [0.15, 0.2) is 4.79 Å². The fourth-order valence-electron chi connectivity index (χ4n) is 1.39. The molecule has 0 saturated heterocycles. The molecule has 0 aromatic carbocycles. The Balaban J connectivity index is 0. The van der Waals surface area contributed by atoms with E-state index in [2.05, 4.69) is 10.3 Å². The Kier molecular flexibility index (Phi) is 7.44. The first-order valence-electron chi connectivity index (χ1n) is 4.36. The largest absolute Gasteiger partial charge is 0.359 e. The van der Waals surface area contributed by atoms with Crippen molar-refractivity contribution >= 4 is 30.8 Å². The summed E-state index contributed by atoms with van der Waals surface area (Å²) in [5.41, 5.74) is 1.65. The zero-order valence-electron chi connectivity index (χ0n) is 9.33. The molecule has 15 heavy (non-hydrogen) atoms. The molecule has 4 nitrogen and oxygen atoms in total. The summed E-state index contributed by atoms with van der Waals surface area (Å²) >= 11 is 0. The van der Waals surface area contributed by atoms with Gasteiger partial charge in [0.2, 0.25) is 5.95 Å². The summed E-state index contributed by atoms with van der Waals surface area (Å²) in [7, 11) is 3.48. The number of rotatable bonds is 2. The van der Waals surface area contributed by atoms with Gasteiger partial charge in [0, 0.05) is 25.4 Å². The number of anilines is 1. The molecule has 6 heteroatoms. The van der Waals surface area contributed by atoms with Gasteiger partial charge in [-0.15, -0.1) is 24.8 Å². The van der Waals surface area contributed by atoms with E-state index in [4.69, 9.17) is 0 Å². The number of hydrogen-bond acceptors (Lipinski definition) is 3.